The second-order valence-electron chi connectivity index (χ2n) is 10.1. The van der Waals surface area contributed by atoms with Gasteiger partial charge < -0.3 is 9.72 Å². The van der Waals surface area contributed by atoms with Crippen LogP contribution >= 0.6 is 0 Å². The van der Waals surface area contributed by atoms with Gasteiger partial charge in [0.1, 0.15) is 5.82 Å². The normalized spacial score (nSPS) is 29.3. The van der Waals surface area contributed by atoms with Crippen molar-refractivity contribution in [2.24, 2.45) is 17.3 Å². The predicted octanol–water partition coefficient (Wildman–Crippen LogP) is 5.78. The summed E-state index contributed by atoms with van der Waals surface area (Å²) in [4.78, 5) is 8.71. The number of fused-ring (bicyclic) bond motifs is 1. The molecule has 2 atom stereocenters. The van der Waals surface area contributed by atoms with E-state index in [2.05, 4.69) is 37.0 Å². The molecule has 3 heteroatoms. The molecule has 1 aromatic heterocycles. The molecule has 146 valence electrons. The van der Waals surface area contributed by atoms with Gasteiger partial charge in [-0.1, -0.05) is 52.0 Å². The van der Waals surface area contributed by atoms with Crippen LogP contribution in [0.5, 0.6) is 0 Å². The maximum atomic E-state index is 5.67. The van der Waals surface area contributed by atoms with Crippen LogP contribution in [0.3, 0.4) is 0 Å². The third-order valence-corrected chi connectivity index (χ3v) is 8.01. The Hall–Kier alpha value is -1.35. The average Bonchev–Trinajstić information content (AvgIpc) is 3.09. The third kappa shape index (κ3) is 3.33. The number of benzene rings is 1. The molecule has 2 heterocycles. The number of nitrogens with zero attached hydrogens (tertiary/aromatic N) is 1. The Morgan fingerprint density at radius 3 is 2.67 bits per heavy atom. The van der Waals surface area contributed by atoms with E-state index in [1.165, 1.54) is 61.9 Å². The molecule has 1 aliphatic heterocycles. The fourth-order valence-electron chi connectivity index (χ4n) is 5.72. The minimum atomic E-state index is 0.152. The lowest BCUT2D eigenvalue weighted by Gasteiger charge is -2.34. The van der Waals surface area contributed by atoms with Crippen molar-refractivity contribution in [3.05, 3.63) is 29.6 Å². The fourth-order valence-corrected chi connectivity index (χ4v) is 5.72. The molecule has 1 saturated heterocycles. The number of nitrogens with one attached hydrogen (secondary N) is 1. The molecule has 2 aromatic rings. The summed E-state index contributed by atoms with van der Waals surface area (Å²) >= 11 is 0. The molecule has 0 amide bonds. The smallest absolute Gasteiger partial charge is 0.107 e. The number of hydrogen-bond acceptors (Lipinski definition) is 2. The Morgan fingerprint density at radius 1 is 1.15 bits per heavy atom. The van der Waals surface area contributed by atoms with Crippen molar-refractivity contribution >= 4 is 11.0 Å². The average molecular weight is 367 g/mol. The van der Waals surface area contributed by atoms with E-state index in [0.29, 0.717) is 5.41 Å². The molecule has 3 fully saturated rings. The van der Waals surface area contributed by atoms with Crippen molar-refractivity contribution in [3.63, 3.8) is 0 Å². The van der Waals surface area contributed by atoms with E-state index >= 15 is 0 Å². The zero-order valence-electron chi connectivity index (χ0n) is 17.0. The summed E-state index contributed by atoms with van der Waals surface area (Å²) in [5.41, 5.74) is 4.43. The van der Waals surface area contributed by atoms with Crippen LogP contribution in [0.2, 0.25) is 0 Å². The highest BCUT2D eigenvalue weighted by Crippen LogP contribution is 2.57. The molecule has 2 aliphatic carbocycles. The Bertz CT molecular complexity index is 807. The lowest BCUT2D eigenvalue weighted by atomic mass is 9.71. The van der Waals surface area contributed by atoms with Crippen molar-refractivity contribution in [1.29, 1.82) is 0 Å². The first kappa shape index (κ1) is 17.7. The minimum Gasteiger partial charge on any atom is -0.381 e. The summed E-state index contributed by atoms with van der Waals surface area (Å²) in [6, 6.07) is 6.82. The van der Waals surface area contributed by atoms with Gasteiger partial charge in [0.15, 0.2) is 0 Å². The third-order valence-electron chi connectivity index (χ3n) is 8.01. The molecule has 2 saturated carbocycles. The topological polar surface area (TPSA) is 37.9 Å². The standard InChI is InChI=1S/C24H34N2O/c1-23(10-11-23)19(17-6-4-3-5-7-17)15-22-25-20-9-8-18(14-21(20)26-22)24(2)12-13-27-16-24/h8-9,14,17,19H,3-7,10-13,15-16H2,1-2H3,(H,25,26). The van der Waals surface area contributed by atoms with E-state index in [-0.39, 0.29) is 5.41 Å². The molecule has 27 heavy (non-hydrogen) atoms. The summed E-state index contributed by atoms with van der Waals surface area (Å²) in [5, 5.41) is 0. The number of H-pyrrole nitrogens is 1. The highest BCUT2D eigenvalue weighted by atomic mass is 16.5. The van der Waals surface area contributed by atoms with E-state index in [1.807, 2.05) is 0 Å². The summed E-state index contributed by atoms with van der Waals surface area (Å²) < 4.78 is 5.67. The summed E-state index contributed by atoms with van der Waals surface area (Å²) in [7, 11) is 0. The van der Waals surface area contributed by atoms with Crippen molar-refractivity contribution in [3.8, 4) is 0 Å². The number of ether oxygens (including phenoxy) is 1. The minimum absolute atomic E-state index is 0.152. The van der Waals surface area contributed by atoms with E-state index < -0.39 is 0 Å². The maximum absolute atomic E-state index is 5.67. The Morgan fingerprint density at radius 2 is 1.96 bits per heavy atom. The molecule has 0 spiro atoms. The molecular formula is C24H34N2O. The summed E-state index contributed by atoms with van der Waals surface area (Å²) in [6.07, 6.45) is 12.2. The fraction of sp³-hybridized carbons (Fsp3) is 0.708. The van der Waals surface area contributed by atoms with Crippen molar-refractivity contribution in [1.82, 2.24) is 9.97 Å². The molecule has 1 N–H and O–H groups in total. The second-order valence-corrected chi connectivity index (χ2v) is 10.1. The van der Waals surface area contributed by atoms with Gasteiger partial charge in [-0.05, 0) is 54.2 Å². The van der Waals surface area contributed by atoms with Gasteiger partial charge in [-0.3, -0.25) is 0 Å². The second kappa shape index (κ2) is 6.62. The Balaban J connectivity index is 1.40. The highest BCUT2D eigenvalue weighted by molar-refractivity contribution is 5.76. The van der Waals surface area contributed by atoms with Crippen molar-refractivity contribution < 1.29 is 4.74 Å². The first-order valence-electron chi connectivity index (χ1n) is 11.1. The molecule has 0 radical (unpaired) electrons. The van der Waals surface area contributed by atoms with Gasteiger partial charge in [-0.25, -0.2) is 4.98 Å². The number of imidazole rings is 1. The first-order chi connectivity index (χ1) is 13.1. The van der Waals surface area contributed by atoms with E-state index in [0.717, 1.165) is 43.4 Å². The number of aromatic nitrogens is 2. The van der Waals surface area contributed by atoms with Crippen LogP contribution in [0.25, 0.3) is 11.0 Å². The Kier molecular flexibility index (Phi) is 4.34. The monoisotopic (exact) mass is 366 g/mol. The zero-order valence-corrected chi connectivity index (χ0v) is 17.0. The lowest BCUT2D eigenvalue weighted by molar-refractivity contribution is 0.169. The van der Waals surface area contributed by atoms with Crippen LogP contribution < -0.4 is 0 Å². The largest absolute Gasteiger partial charge is 0.381 e. The van der Waals surface area contributed by atoms with Gasteiger partial charge in [0.2, 0.25) is 0 Å². The summed E-state index contributed by atoms with van der Waals surface area (Å²) in [5.74, 6) is 2.92. The number of rotatable bonds is 5. The van der Waals surface area contributed by atoms with Crippen LogP contribution in [-0.2, 0) is 16.6 Å². The van der Waals surface area contributed by atoms with E-state index in [9.17, 15) is 0 Å². The van der Waals surface area contributed by atoms with Gasteiger partial charge in [-0.15, -0.1) is 0 Å². The van der Waals surface area contributed by atoms with Gasteiger partial charge in [0.25, 0.3) is 0 Å². The molecular weight excluding hydrogens is 332 g/mol. The van der Waals surface area contributed by atoms with Crippen LogP contribution in [0.4, 0.5) is 0 Å². The molecule has 1 aromatic carbocycles. The molecule has 3 nitrogen and oxygen atoms in total. The zero-order chi connectivity index (χ0) is 18.5. The van der Waals surface area contributed by atoms with E-state index in [1.54, 1.807) is 0 Å². The van der Waals surface area contributed by atoms with Gasteiger partial charge >= 0.3 is 0 Å². The number of hydrogen-bond donors (Lipinski definition) is 1. The van der Waals surface area contributed by atoms with Crippen LogP contribution in [0.1, 0.15) is 76.6 Å². The van der Waals surface area contributed by atoms with E-state index in [4.69, 9.17) is 9.72 Å². The first-order valence-corrected chi connectivity index (χ1v) is 11.1. The molecule has 3 aliphatic rings. The molecule has 5 rings (SSSR count). The quantitative estimate of drug-likeness (QED) is 0.728. The van der Waals surface area contributed by atoms with Crippen molar-refractivity contribution in [2.75, 3.05) is 13.2 Å². The van der Waals surface area contributed by atoms with Crippen LogP contribution in [0, 0.1) is 17.3 Å². The predicted molar refractivity (Wildman–Crippen MR) is 110 cm³/mol. The lowest BCUT2D eigenvalue weighted by Crippen LogP contribution is -2.27. The SMILES string of the molecule is CC1(c2ccc3[nH]c(CC(C4CCCCC4)C4(C)CC4)nc3c2)CCOC1. The molecule has 0 bridgehead atoms. The van der Waals surface area contributed by atoms with Gasteiger partial charge in [-0.2, -0.15) is 0 Å². The van der Waals surface area contributed by atoms with Gasteiger partial charge in [0.05, 0.1) is 17.6 Å². The highest BCUT2D eigenvalue weighted by Gasteiger charge is 2.48. The van der Waals surface area contributed by atoms with Crippen LogP contribution in [0.15, 0.2) is 18.2 Å². The maximum Gasteiger partial charge on any atom is 0.107 e. The van der Waals surface area contributed by atoms with Crippen molar-refractivity contribution in [2.45, 2.75) is 77.0 Å². The van der Waals surface area contributed by atoms with Gasteiger partial charge in [0, 0.05) is 18.4 Å². The molecule has 2 unspecified atom stereocenters. The summed E-state index contributed by atoms with van der Waals surface area (Å²) in [6.45, 7) is 6.55. The Labute approximate surface area is 163 Å². The van der Waals surface area contributed by atoms with Crippen LogP contribution in [-0.4, -0.2) is 23.2 Å². The number of aromatic amines is 1.